The molecule has 0 saturated carbocycles. The highest BCUT2D eigenvalue weighted by Gasteiger charge is 2.31. The fraction of sp³-hybridized carbons (Fsp3) is 0.357. The predicted octanol–water partition coefficient (Wildman–Crippen LogP) is 3.43. The lowest BCUT2D eigenvalue weighted by atomic mass is 10.0. The van der Waals surface area contributed by atoms with Gasteiger partial charge >= 0.3 is 6.36 Å². The molecule has 0 bridgehead atoms. The molecule has 0 aliphatic rings. The maximum atomic E-state index is 12.1. The lowest BCUT2D eigenvalue weighted by Crippen LogP contribution is -2.20. The van der Waals surface area contributed by atoms with Crippen LogP contribution in [0.1, 0.15) is 25.6 Å². The highest BCUT2D eigenvalue weighted by Crippen LogP contribution is 2.26. The summed E-state index contributed by atoms with van der Waals surface area (Å²) in [6, 6.07) is 5.36. The number of hydrogen-bond acceptors (Lipinski definition) is 3. The van der Waals surface area contributed by atoms with Crippen LogP contribution in [0.15, 0.2) is 36.8 Å². The minimum Gasteiger partial charge on any atom is -0.406 e. The van der Waals surface area contributed by atoms with Gasteiger partial charge < -0.3 is 15.0 Å². The van der Waals surface area contributed by atoms with Crippen LogP contribution in [-0.2, 0) is 0 Å². The second-order valence-corrected chi connectivity index (χ2v) is 5.00. The van der Waals surface area contributed by atoms with Gasteiger partial charge in [0.25, 0.3) is 0 Å². The molecule has 1 unspecified atom stereocenters. The highest BCUT2D eigenvalue weighted by molar-refractivity contribution is 5.39. The number of benzene rings is 1. The molecular formula is C14H16F3N3O. The van der Waals surface area contributed by atoms with Crippen molar-refractivity contribution in [2.24, 2.45) is 11.7 Å². The second-order valence-electron chi connectivity index (χ2n) is 5.00. The van der Waals surface area contributed by atoms with Crippen molar-refractivity contribution < 1.29 is 17.9 Å². The molecule has 7 heteroatoms. The van der Waals surface area contributed by atoms with Gasteiger partial charge in [0.15, 0.2) is 0 Å². The van der Waals surface area contributed by atoms with Crippen LogP contribution in [0, 0.1) is 5.92 Å². The average Bonchev–Trinajstić information content (AvgIpc) is 2.85. The van der Waals surface area contributed by atoms with Gasteiger partial charge in [-0.1, -0.05) is 13.8 Å². The van der Waals surface area contributed by atoms with Gasteiger partial charge in [0, 0.05) is 11.7 Å². The SMILES string of the molecule is CC(C)C(N)c1cncn1-c1ccc(OC(F)(F)F)cc1. The lowest BCUT2D eigenvalue weighted by molar-refractivity contribution is -0.274. The average molecular weight is 299 g/mol. The van der Waals surface area contributed by atoms with Crippen LogP contribution in [0.4, 0.5) is 13.2 Å². The molecule has 2 N–H and O–H groups in total. The topological polar surface area (TPSA) is 53.1 Å². The van der Waals surface area contributed by atoms with Crippen LogP contribution in [0.2, 0.25) is 0 Å². The maximum absolute atomic E-state index is 12.1. The summed E-state index contributed by atoms with van der Waals surface area (Å²) in [7, 11) is 0. The Balaban J connectivity index is 2.26. The predicted molar refractivity (Wildman–Crippen MR) is 72.0 cm³/mol. The number of aromatic nitrogens is 2. The van der Waals surface area contributed by atoms with E-state index in [4.69, 9.17) is 5.73 Å². The molecule has 114 valence electrons. The minimum atomic E-state index is -4.69. The van der Waals surface area contributed by atoms with Crippen LogP contribution < -0.4 is 10.5 Å². The Morgan fingerprint density at radius 2 is 1.81 bits per heavy atom. The Labute approximate surface area is 120 Å². The molecule has 0 saturated heterocycles. The smallest absolute Gasteiger partial charge is 0.406 e. The summed E-state index contributed by atoms with van der Waals surface area (Å²) in [6.45, 7) is 3.98. The van der Waals surface area contributed by atoms with E-state index in [9.17, 15) is 13.2 Å². The molecule has 0 amide bonds. The zero-order valence-electron chi connectivity index (χ0n) is 11.6. The molecule has 0 radical (unpaired) electrons. The largest absolute Gasteiger partial charge is 0.573 e. The van der Waals surface area contributed by atoms with E-state index >= 15 is 0 Å². The molecule has 1 heterocycles. The van der Waals surface area contributed by atoms with Crippen molar-refractivity contribution in [1.82, 2.24) is 9.55 Å². The van der Waals surface area contributed by atoms with Gasteiger partial charge in [-0.3, -0.25) is 0 Å². The number of nitrogens with two attached hydrogens (primary N) is 1. The van der Waals surface area contributed by atoms with E-state index in [-0.39, 0.29) is 17.7 Å². The molecule has 4 nitrogen and oxygen atoms in total. The van der Waals surface area contributed by atoms with Gasteiger partial charge in [0.2, 0.25) is 0 Å². The first kappa shape index (κ1) is 15.4. The molecule has 2 rings (SSSR count). The highest BCUT2D eigenvalue weighted by atomic mass is 19.4. The number of halogens is 3. The molecule has 1 aromatic heterocycles. The fourth-order valence-electron chi connectivity index (χ4n) is 1.92. The Bertz CT molecular complexity index is 590. The molecule has 2 aromatic rings. The summed E-state index contributed by atoms with van der Waals surface area (Å²) < 4.78 is 42.0. The number of nitrogens with zero attached hydrogens (tertiary/aromatic N) is 2. The monoisotopic (exact) mass is 299 g/mol. The summed E-state index contributed by atoms with van der Waals surface area (Å²) >= 11 is 0. The normalized spacial score (nSPS) is 13.5. The summed E-state index contributed by atoms with van der Waals surface area (Å²) in [5.74, 6) is -0.0469. The molecule has 0 spiro atoms. The third kappa shape index (κ3) is 3.75. The van der Waals surface area contributed by atoms with Crippen LogP contribution in [0.5, 0.6) is 5.75 Å². The van der Waals surface area contributed by atoms with E-state index in [1.54, 1.807) is 17.1 Å². The van der Waals surface area contributed by atoms with E-state index in [1.165, 1.54) is 24.3 Å². The Kier molecular flexibility index (Phi) is 4.22. The first-order valence-electron chi connectivity index (χ1n) is 6.42. The quantitative estimate of drug-likeness (QED) is 0.941. The first-order chi connectivity index (χ1) is 9.78. The Hall–Kier alpha value is -2.02. The third-order valence-corrected chi connectivity index (χ3v) is 3.08. The van der Waals surface area contributed by atoms with Crippen LogP contribution >= 0.6 is 0 Å². The third-order valence-electron chi connectivity index (χ3n) is 3.08. The van der Waals surface area contributed by atoms with Gasteiger partial charge in [-0.2, -0.15) is 0 Å². The van der Waals surface area contributed by atoms with Gasteiger partial charge in [0.1, 0.15) is 5.75 Å². The lowest BCUT2D eigenvalue weighted by Gasteiger charge is -2.18. The van der Waals surface area contributed by atoms with Crippen LogP contribution in [0.25, 0.3) is 5.69 Å². The number of rotatable bonds is 4. The molecule has 0 aliphatic heterocycles. The van der Waals surface area contributed by atoms with Crippen LogP contribution in [0.3, 0.4) is 0 Å². The van der Waals surface area contributed by atoms with Gasteiger partial charge in [-0.15, -0.1) is 13.2 Å². The summed E-state index contributed by atoms with van der Waals surface area (Å²) in [6.07, 6.45) is -1.45. The van der Waals surface area contributed by atoms with Gasteiger partial charge in [-0.25, -0.2) is 4.98 Å². The zero-order chi connectivity index (χ0) is 15.6. The van der Waals surface area contributed by atoms with Crippen molar-refractivity contribution in [2.75, 3.05) is 0 Å². The number of imidazole rings is 1. The number of ether oxygens (including phenoxy) is 1. The van der Waals surface area contributed by atoms with E-state index in [0.717, 1.165) is 5.69 Å². The van der Waals surface area contributed by atoms with Crippen molar-refractivity contribution in [3.63, 3.8) is 0 Å². The molecule has 1 atom stereocenters. The Morgan fingerprint density at radius 1 is 1.19 bits per heavy atom. The van der Waals surface area contributed by atoms with Crippen molar-refractivity contribution in [1.29, 1.82) is 0 Å². The second kappa shape index (κ2) is 5.77. The summed E-state index contributed by atoms with van der Waals surface area (Å²) in [5.41, 5.74) is 7.57. The molecule has 0 fully saturated rings. The van der Waals surface area contributed by atoms with Crippen molar-refractivity contribution in [3.05, 3.63) is 42.5 Å². The number of alkyl halides is 3. The fourth-order valence-corrected chi connectivity index (χ4v) is 1.92. The van der Waals surface area contributed by atoms with E-state index in [2.05, 4.69) is 9.72 Å². The van der Waals surface area contributed by atoms with E-state index in [1.807, 2.05) is 13.8 Å². The molecule has 1 aromatic carbocycles. The van der Waals surface area contributed by atoms with E-state index in [0.29, 0.717) is 5.69 Å². The minimum absolute atomic E-state index is 0.210. The standard InChI is InChI=1S/C14H16F3N3O/c1-9(2)13(18)12-7-19-8-20(12)10-3-5-11(6-4-10)21-14(15,16)17/h3-9,13H,18H2,1-2H3. The van der Waals surface area contributed by atoms with Crippen molar-refractivity contribution >= 4 is 0 Å². The molecule has 0 aliphatic carbocycles. The van der Waals surface area contributed by atoms with Crippen molar-refractivity contribution in [3.8, 4) is 11.4 Å². The zero-order valence-corrected chi connectivity index (χ0v) is 11.6. The number of hydrogen-bond donors (Lipinski definition) is 1. The molecule has 21 heavy (non-hydrogen) atoms. The summed E-state index contributed by atoms with van der Waals surface area (Å²) in [4.78, 5) is 4.06. The van der Waals surface area contributed by atoms with E-state index < -0.39 is 6.36 Å². The van der Waals surface area contributed by atoms with Gasteiger partial charge in [0.05, 0.1) is 18.2 Å². The summed E-state index contributed by atoms with van der Waals surface area (Å²) in [5, 5.41) is 0. The van der Waals surface area contributed by atoms with Crippen molar-refractivity contribution in [2.45, 2.75) is 26.3 Å². The van der Waals surface area contributed by atoms with Crippen LogP contribution in [-0.4, -0.2) is 15.9 Å². The molecular weight excluding hydrogens is 283 g/mol. The first-order valence-corrected chi connectivity index (χ1v) is 6.42. The maximum Gasteiger partial charge on any atom is 0.573 e. The Morgan fingerprint density at radius 3 is 2.33 bits per heavy atom. The van der Waals surface area contributed by atoms with Gasteiger partial charge in [-0.05, 0) is 30.2 Å².